The predicted octanol–water partition coefficient (Wildman–Crippen LogP) is 4.17. The average Bonchev–Trinajstić information content (AvgIpc) is 2.60. The van der Waals surface area contributed by atoms with Crippen LogP contribution in [0.25, 0.3) is 11.1 Å². The maximum atomic E-state index is 12.3. The Hall–Kier alpha value is -2.04. The quantitative estimate of drug-likeness (QED) is 0.594. The molecule has 2 N–H and O–H groups in total. The molecule has 0 aliphatic heterocycles. The largest absolute Gasteiger partial charge is 0.507 e. The second-order valence-electron chi connectivity index (χ2n) is 5.20. The molecular formula is C18H16Cl2O4. The highest BCUT2D eigenvalue weighted by Gasteiger charge is 2.25. The lowest BCUT2D eigenvalue weighted by Crippen LogP contribution is -2.13. The summed E-state index contributed by atoms with van der Waals surface area (Å²) in [4.78, 5) is 24.5. The number of aryl methyl sites for hydroxylation is 1. The Morgan fingerprint density at radius 1 is 0.875 bits per heavy atom. The number of phenols is 2. The fourth-order valence-corrected chi connectivity index (χ4v) is 2.81. The van der Waals surface area contributed by atoms with Crippen LogP contribution in [0.4, 0.5) is 0 Å². The molecule has 0 aliphatic carbocycles. The van der Waals surface area contributed by atoms with Gasteiger partial charge in [-0.3, -0.25) is 9.59 Å². The molecule has 2 aromatic rings. The Kier molecular flexibility index (Phi) is 5.86. The number of hydrogen-bond acceptors (Lipinski definition) is 4. The van der Waals surface area contributed by atoms with E-state index in [0.29, 0.717) is 11.1 Å². The van der Waals surface area contributed by atoms with Gasteiger partial charge < -0.3 is 10.2 Å². The lowest BCUT2D eigenvalue weighted by Gasteiger charge is -2.15. The SMILES string of the molecule is CCc1ccc(O)c(-c2ccc(O)c(C(=O)CCl)c2C(=O)CCl)c1. The van der Waals surface area contributed by atoms with Gasteiger partial charge in [-0.25, -0.2) is 0 Å². The van der Waals surface area contributed by atoms with Crippen LogP contribution in [0.2, 0.25) is 0 Å². The van der Waals surface area contributed by atoms with Gasteiger partial charge in [0.25, 0.3) is 0 Å². The van der Waals surface area contributed by atoms with E-state index < -0.39 is 11.6 Å². The summed E-state index contributed by atoms with van der Waals surface area (Å²) in [6.07, 6.45) is 0.734. The van der Waals surface area contributed by atoms with Crippen LogP contribution in [0.1, 0.15) is 33.2 Å². The minimum absolute atomic E-state index is 0.0285. The first-order valence-corrected chi connectivity index (χ1v) is 8.38. The van der Waals surface area contributed by atoms with Crippen molar-refractivity contribution in [3.8, 4) is 22.6 Å². The number of hydrogen-bond donors (Lipinski definition) is 2. The zero-order chi connectivity index (χ0) is 17.9. The highest BCUT2D eigenvalue weighted by atomic mass is 35.5. The van der Waals surface area contributed by atoms with Gasteiger partial charge in [0.2, 0.25) is 0 Å². The van der Waals surface area contributed by atoms with Crippen LogP contribution in [0, 0.1) is 0 Å². The van der Waals surface area contributed by atoms with Gasteiger partial charge in [-0.15, -0.1) is 23.2 Å². The van der Waals surface area contributed by atoms with E-state index in [1.165, 1.54) is 18.2 Å². The Bertz CT molecular complexity index is 800. The molecule has 24 heavy (non-hydrogen) atoms. The number of Topliss-reactive ketones (excluding diaryl/α,β-unsaturated/α-hetero) is 2. The zero-order valence-corrected chi connectivity index (χ0v) is 14.5. The molecule has 0 spiro atoms. The smallest absolute Gasteiger partial charge is 0.182 e. The number of phenolic OH excluding ortho intramolecular Hbond substituents is 2. The number of halogens is 2. The fraction of sp³-hybridized carbons (Fsp3) is 0.222. The molecule has 0 heterocycles. The van der Waals surface area contributed by atoms with Crippen molar-refractivity contribution in [2.45, 2.75) is 13.3 Å². The molecule has 0 bridgehead atoms. The van der Waals surface area contributed by atoms with Crippen molar-refractivity contribution < 1.29 is 19.8 Å². The van der Waals surface area contributed by atoms with Gasteiger partial charge in [0, 0.05) is 11.1 Å². The van der Waals surface area contributed by atoms with Crippen molar-refractivity contribution in [1.29, 1.82) is 0 Å². The van der Waals surface area contributed by atoms with E-state index in [0.717, 1.165) is 12.0 Å². The average molecular weight is 367 g/mol. The molecule has 4 nitrogen and oxygen atoms in total. The summed E-state index contributed by atoms with van der Waals surface area (Å²) in [5.41, 5.74) is 1.48. The Morgan fingerprint density at radius 3 is 2.04 bits per heavy atom. The van der Waals surface area contributed by atoms with Crippen LogP contribution in [0.5, 0.6) is 11.5 Å². The predicted molar refractivity (Wildman–Crippen MR) is 94.7 cm³/mol. The molecule has 0 unspecified atom stereocenters. The number of alkyl halides is 2. The molecule has 6 heteroatoms. The van der Waals surface area contributed by atoms with Crippen LogP contribution < -0.4 is 0 Å². The summed E-state index contributed by atoms with van der Waals surface area (Å²) in [5.74, 6) is -2.25. The van der Waals surface area contributed by atoms with Gasteiger partial charge in [-0.1, -0.05) is 13.0 Å². The summed E-state index contributed by atoms with van der Waals surface area (Å²) >= 11 is 11.3. The lowest BCUT2D eigenvalue weighted by molar-refractivity contribution is 0.0982. The van der Waals surface area contributed by atoms with Crippen molar-refractivity contribution in [1.82, 2.24) is 0 Å². The molecule has 2 aromatic carbocycles. The van der Waals surface area contributed by atoms with Crippen molar-refractivity contribution in [3.63, 3.8) is 0 Å². The van der Waals surface area contributed by atoms with E-state index in [1.807, 2.05) is 6.92 Å². The van der Waals surface area contributed by atoms with Gasteiger partial charge in [0.15, 0.2) is 11.6 Å². The van der Waals surface area contributed by atoms with Crippen LogP contribution in [-0.4, -0.2) is 33.5 Å². The fourth-order valence-electron chi connectivity index (χ4n) is 2.54. The first-order chi connectivity index (χ1) is 11.4. The molecular weight excluding hydrogens is 351 g/mol. The highest BCUT2D eigenvalue weighted by molar-refractivity contribution is 6.35. The highest BCUT2D eigenvalue weighted by Crippen LogP contribution is 2.37. The zero-order valence-electron chi connectivity index (χ0n) is 13.0. The molecule has 0 amide bonds. The van der Waals surface area contributed by atoms with Crippen molar-refractivity contribution in [2.75, 3.05) is 11.8 Å². The minimum atomic E-state index is -0.587. The second kappa shape index (κ2) is 7.69. The van der Waals surface area contributed by atoms with Crippen molar-refractivity contribution in [2.24, 2.45) is 0 Å². The molecule has 0 atom stereocenters. The van der Waals surface area contributed by atoms with Crippen LogP contribution >= 0.6 is 23.2 Å². The topological polar surface area (TPSA) is 74.6 Å². The van der Waals surface area contributed by atoms with E-state index in [9.17, 15) is 19.8 Å². The number of benzene rings is 2. The molecule has 0 saturated heterocycles. The first-order valence-electron chi connectivity index (χ1n) is 7.31. The molecule has 0 saturated carbocycles. The van der Waals surface area contributed by atoms with E-state index in [1.54, 1.807) is 12.1 Å². The van der Waals surface area contributed by atoms with Crippen LogP contribution in [-0.2, 0) is 6.42 Å². The lowest BCUT2D eigenvalue weighted by atomic mass is 9.89. The van der Waals surface area contributed by atoms with E-state index >= 15 is 0 Å². The third-order valence-corrected chi connectivity index (χ3v) is 4.23. The Balaban J connectivity index is 2.84. The number of ketones is 2. The second-order valence-corrected chi connectivity index (χ2v) is 5.74. The van der Waals surface area contributed by atoms with Gasteiger partial charge in [0.1, 0.15) is 11.5 Å². The van der Waals surface area contributed by atoms with E-state index in [-0.39, 0.29) is 34.4 Å². The van der Waals surface area contributed by atoms with Crippen LogP contribution in [0.15, 0.2) is 30.3 Å². The third-order valence-electron chi connectivity index (χ3n) is 3.74. The van der Waals surface area contributed by atoms with Crippen LogP contribution in [0.3, 0.4) is 0 Å². The Labute approximate surface area is 149 Å². The molecule has 0 aliphatic rings. The molecule has 126 valence electrons. The standard InChI is InChI=1S/C18H16Cl2O4/c1-2-10-3-5-13(21)12(7-10)11-4-6-14(22)18(16(24)9-20)17(11)15(23)8-19/h3-7,21-22H,2,8-9H2,1H3. The number of rotatable bonds is 6. The number of aromatic hydroxyl groups is 2. The molecule has 0 radical (unpaired) electrons. The summed E-state index contributed by atoms with van der Waals surface area (Å²) < 4.78 is 0. The van der Waals surface area contributed by atoms with Gasteiger partial charge >= 0.3 is 0 Å². The summed E-state index contributed by atoms with van der Waals surface area (Å²) in [5, 5.41) is 20.2. The minimum Gasteiger partial charge on any atom is -0.507 e. The number of carbonyl (C=O) groups excluding carboxylic acids is 2. The van der Waals surface area contributed by atoms with Crippen molar-refractivity contribution >= 4 is 34.8 Å². The van der Waals surface area contributed by atoms with Gasteiger partial charge in [0.05, 0.1) is 17.3 Å². The Morgan fingerprint density at radius 2 is 1.46 bits per heavy atom. The van der Waals surface area contributed by atoms with Crippen molar-refractivity contribution in [3.05, 3.63) is 47.0 Å². The molecule has 0 aromatic heterocycles. The summed E-state index contributed by atoms with van der Waals surface area (Å²) in [6, 6.07) is 7.82. The van der Waals surface area contributed by atoms with Gasteiger partial charge in [-0.05, 0) is 41.8 Å². The van der Waals surface area contributed by atoms with E-state index in [4.69, 9.17) is 23.2 Å². The molecule has 0 fully saturated rings. The first kappa shape index (κ1) is 18.3. The van der Waals surface area contributed by atoms with E-state index in [2.05, 4.69) is 0 Å². The normalized spacial score (nSPS) is 10.6. The third kappa shape index (κ3) is 3.40. The monoisotopic (exact) mass is 366 g/mol. The maximum absolute atomic E-state index is 12.3. The van der Waals surface area contributed by atoms with Gasteiger partial charge in [-0.2, -0.15) is 0 Å². The maximum Gasteiger partial charge on any atom is 0.182 e. The summed E-state index contributed by atoms with van der Waals surface area (Å²) in [6.45, 7) is 1.96. The molecule has 2 rings (SSSR count). The summed E-state index contributed by atoms with van der Waals surface area (Å²) in [7, 11) is 0. The number of carbonyl (C=O) groups is 2.